The molecule has 1 amide bonds. The van der Waals surface area contributed by atoms with Crippen LogP contribution in [0.5, 0.6) is 0 Å². The van der Waals surface area contributed by atoms with Crippen LogP contribution in [-0.2, 0) is 9.59 Å². The number of carbonyl (C=O) groups is 2. The molecule has 0 aromatic heterocycles. The monoisotopic (exact) mass is 269 g/mol. The molecule has 1 unspecified atom stereocenters. The van der Waals surface area contributed by atoms with E-state index in [-0.39, 0.29) is 11.3 Å². The molecule has 106 valence electrons. The second-order valence-corrected chi connectivity index (χ2v) is 4.12. The Morgan fingerprint density at radius 3 is 2.17 bits per heavy atom. The summed E-state index contributed by atoms with van der Waals surface area (Å²) >= 11 is 0. The van der Waals surface area contributed by atoms with Crippen LogP contribution in [0.4, 0.5) is 13.2 Å². The van der Waals surface area contributed by atoms with Crippen molar-refractivity contribution in [2.24, 2.45) is 0 Å². The van der Waals surface area contributed by atoms with E-state index in [2.05, 4.69) is 0 Å². The number of alkyl halides is 3. The molecule has 0 bridgehead atoms. The summed E-state index contributed by atoms with van der Waals surface area (Å²) in [7, 11) is 0.869. The van der Waals surface area contributed by atoms with E-state index in [4.69, 9.17) is 5.11 Å². The Labute approximate surface area is 104 Å². The molecule has 1 atom stereocenters. The zero-order chi connectivity index (χ0) is 14.3. The van der Waals surface area contributed by atoms with Gasteiger partial charge in [-0.15, -0.1) is 0 Å². The number of amides is 1. The lowest BCUT2D eigenvalue weighted by Gasteiger charge is -2.25. The summed E-state index contributed by atoms with van der Waals surface area (Å²) in [6.07, 6.45) is -1.94. The Kier molecular flexibility index (Phi) is 6.72. The van der Waals surface area contributed by atoms with Gasteiger partial charge in [0.05, 0.1) is 0 Å². The SMILES string of the molecule is CCCCCCC(C(=O)O)N(C)C(=O)C(F)(F)F. The number of aliphatic carboxylic acids is 1. The molecule has 0 aromatic carbocycles. The molecule has 7 heteroatoms. The fourth-order valence-corrected chi connectivity index (χ4v) is 1.59. The van der Waals surface area contributed by atoms with Crippen molar-refractivity contribution in [2.75, 3.05) is 7.05 Å². The average Bonchev–Trinajstić information content (AvgIpc) is 2.25. The van der Waals surface area contributed by atoms with Gasteiger partial charge >= 0.3 is 18.1 Å². The van der Waals surface area contributed by atoms with Crippen LogP contribution in [0.25, 0.3) is 0 Å². The van der Waals surface area contributed by atoms with E-state index in [1.54, 1.807) is 0 Å². The first-order valence-corrected chi connectivity index (χ1v) is 5.78. The molecule has 1 N–H and O–H groups in total. The Morgan fingerprint density at radius 1 is 1.22 bits per heavy atom. The van der Waals surface area contributed by atoms with Gasteiger partial charge in [-0.1, -0.05) is 32.6 Å². The summed E-state index contributed by atoms with van der Waals surface area (Å²) < 4.78 is 36.5. The molecule has 0 aliphatic carbocycles. The quantitative estimate of drug-likeness (QED) is 0.722. The highest BCUT2D eigenvalue weighted by atomic mass is 19.4. The van der Waals surface area contributed by atoms with Gasteiger partial charge < -0.3 is 10.0 Å². The maximum Gasteiger partial charge on any atom is 0.471 e. The summed E-state index contributed by atoms with van der Waals surface area (Å²) in [6, 6.07) is -1.42. The first-order chi connectivity index (χ1) is 8.21. The van der Waals surface area contributed by atoms with Gasteiger partial charge in [-0.05, 0) is 6.42 Å². The highest BCUT2D eigenvalue weighted by molar-refractivity contribution is 5.86. The average molecular weight is 269 g/mol. The number of likely N-dealkylation sites (N-methyl/N-ethyl adjacent to an activating group) is 1. The standard InChI is InChI=1S/C11H18F3NO3/c1-3-4-5-6-7-8(9(16)17)15(2)10(18)11(12,13)14/h8H,3-7H2,1-2H3,(H,16,17). The minimum Gasteiger partial charge on any atom is -0.480 e. The van der Waals surface area contributed by atoms with Crippen molar-refractivity contribution < 1.29 is 27.9 Å². The zero-order valence-corrected chi connectivity index (χ0v) is 10.5. The zero-order valence-electron chi connectivity index (χ0n) is 10.5. The van der Waals surface area contributed by atoms with Crippen LogP contribution in [0.2, 0.25) is 0 Å². The lowest BCUT2D eigenvalue weighted by Crippen LogP contribution is -2.48. The summed E-state index contributed by atoms with van der Waals surface area (Å²) in [5, 5.41) is 8.85. The molecule has 0 aliphatic rings. The minimum atomic E-state index is -5.04. The predicted molar refractivity (Wildman–Crippen MR) is 59.0 cm³/mol. The van der Waals surface area contributed by atoms with Crippen LogP contribution in [-0.4, -0.2) is 41.1 Å². The summed E-state index contributed by atoms with van der Waals surface area (Å²) in [5.41, 5.74) is 0. The molecule has 0 rings (SSSR count). The van der Waals surface area contributed by atoms with Gasteiger partial charge in [-0.25, -0.2) is 4.79 Å². The van der Waals surface area contributed by atoms with Crippen LogP contribution in [0.1, 0.15) is 39.0 Å². The third kappa shape index (κ3) is 5.37. The molecule has 0 aromatic rings. The maximum absolute atomic E-state index is 12.2. The number of unbranched alkanes of at least 4 members (excludes halogenated alkanes) is 3. The number of nitrogens with zero attached hydrogens (tertiary/aromatic N) is 1. The Balaban J connectivity index is 4.50. The fraction of sp³-hybridized carbons (Fsp3) is 0.818. The Bertz CT molecular complexity index is 292. The molecule has 0 saturated heterocycles. The van der Waals surface area contributed by atoms with Crippen molar-refractivity contribution in [1.29, 1.82) is 0 Å². The van der Waals surface area contributed by atoms with Crippen molar-refractivity contribution in [3.63, 3.8) is 0 Å². The maximum atomic E-state index is 12.2. The van der Waals surface area contributed by atoms with Crippen molar-refractivity contribution >= 4 is 11.9 Å². The Morgan fingerprint density at radius 2 is 1.78 bits per heavy atom. The number of halogens is 3. The van der Waals surface area contributed by atoms with E-state index < -0.39 is 24.1 Å². The molecule has 0 radical (unpaired) electrons. The van der Waals surface area contributed by atoms with Crippen LogP contribution >= 0.6 is 0 Å². The van der Waals surface area contributed by atoms with Gasteiger partial charge in [0.2, 0.25) is 0 Å². The van der Waals surface area contributed by atoms with Crippen molar-refractivity contribution in [1.82, 2.24) is 4.90 Å². The topological polar surface area (TPSA) is 57.6 Å². The first kappa shape index (κ1) is 16.7. The third-order valence-electron chi connectivity index (χ3n) is 2.65. The highest BCUT2D eigenvalue weighted by Gasteiger charge is 2.44. The minimum absolute atomic E-state index is 0.0354. The lowest BCUT2D eigenvalue weighted by atomic mass is 10.1. The van der Waals surface area contributed by atoms with Gasteiger partial charge in [0.15, 0.2) is 0 Å². The second-order valence-electron chi connectivity index (χ2n) is 4.12. The van der Waals surface area contributed by atoms with E-state index in [0.717, 1.165) is 26.3 Å². The van der Waals surface area contributed by atoms with E-state index in [0.29, 0.717) is 6.42 Å². The summed E-state index contributed by atoms with van der Waals surface area (Å²) in [6.45, 7) is 1.97. The third-order valence-corrected chi connectivity index (χ3v) is 2.65. The van der Waals surface area contributed by atoms with Crippen LogP contribution in [0.15, 0.2) is 0 Å². The normalized spacial score (nSPS) is 13.2. The molecule has 0 fully saturated rings. The molecule has 0 heterocycles. The molecular weight excluding hydrogens is 251 g/mol. The number of hydrogen-bond acceptors (Lipinski definition) is 2. The van der Waals surface area contributed by atoms with E-state index in [9.17, 15) is 22.8 Å². The van der Waals surface area contributed by atoms with Crippen LogP contribution in [0, 0.1) is 0 Å². The van der Waals surface area contributed by atoms with Crippen molar-refractivity contribution in [3.05, 3.63) is 0 Å². The van der Waals surface area contributed by atoms with Gasteiger partial charge in [-0.3, -0.25) is 4.79 Å². The smallest absolute Gasteiger partial charge is 0.471 e. The Hall–Kier alpha value is -1.27. The number of carboxylic acids is 1. The predicted octanol–water partition coefficient (Wildman–Crippen LogP) is 2.43. The van der Waals surface area contributed by atoms with Crippen molar-refractivity contribution in [2.45, 2.75) is 51.2 Å². The van der Waals surface area contributed by atoms with E-state index in [1.807, 2.05) is 6.92 Å². The number of hydrogen-bond donors (Lipinski definition) is 1. The molecular formula is C11H18F3NO3. The van der Waals surface area contributed by atoms with Gasteiger partial charge in [0, 0.05) is 7.05 Å². The summed E-state index contributed by atoms with van der Waals surface area (Å²) in [5.74, 6) is -3.53. The summed E-state index contributed by atoms with van der Waals surface area (Å²) in [4.78, 5) is 22.1. The van der Waals surface area contributed by atoms with Crippen LogP contribution in [0.3, 0.4) is 0 Å². The first-order valence-electron chi connectivity index (χ1n) is 5.78. The van der Waals surface area contributed by atoms with Gasteiger partial charge in [-0.2, -0.15) is 13.2 Å². The van der Waals surface area contributed by atoms with Crippen molar-refractivity contribution in [3.8, 4) is 0 Å². The van der Waals surface area contributed by atoms with E-state index in [1.165, 1.54) is 0 Å². The largest absolute Gasteiger partial charge is 0.480 e. The fourth-order valence-electron chi connectivity index (χ4n) is 1.59. The second kappa shape index (κ2) is 7.23. The number of carbonyl (C=O) groups excluding carboxylic acids is 1. The lowest BCUT2D eigenvalue weighted by molar-refractivity contribution is -0.188. The molecule has 4 nitrogen and oxygen atoms in total. The molecule has 0 saturated carbocycles. The number of rotatable bonds is 7. The van der Waals surface area contributed by atoms with Crippen LogP contribution < -0.4 is 0 Å². The molecule has 0 aliphatic heterocycles. The molecule has 18 heavy (non-hydrogen) atoms. The molecule has 0 spiro atoms. The van der Waals surface area contributed by atoms with Gasteiger partial charge in [0.25, 0.3) is 0 Å². The number of carboxylic acid groups (broad SMARTS) is 1. The van der Waals surface area contributed by atoms with Gasteiger partial charge in [0.1, 0.15) is 6.04 Å². The van der Waals surface area contributed by atoms with E-state index >= 15 is 0 Å². The highest BCUT2D eigenvalue weighted by Crippen LogP contribution is 2.20.